The Morgan fingerprint density at radius 3 is 2.83 bits per heavy atom. The first-order valence-corrected chi connectivity index (χ1v) is 10.4. The van der Waals surface area contributed by atoms with Gasteiger partial charge in [-0.3, -0.25) is 14.9 Å². The molecule has 10 nitrogen and oxygen atoms in total. The molecule has 4 aromatic rings. The number of para-hydroxylation sites is 1. The van der Waals surface area contributed by atoms with Crippen LogP contribution in [0.2, 0.25) is 0 Å². The molecule has 0 atom stereocenters. The Bertz CT molecular complexity index is 1190. The van der Waals surface area contributed by atoms with Crippen LogP contribution in [-0.4, -0.2) is 41.8 Å². The summed E-state index contributed by atoms with van der Waals surface area (Å²) >= 11 is 2.44. The van der Waals surface area contributed by atoms with Crippen molar-refractivity contribution >= 4 is 39.8 Å². The molecular weight excluding hydrogens is 426 g/mol. The monoisotopic (exact) mass is 439 g/mol. The predicted octanol–water partition coefficient (Wildman–Crippen LogP) is 3.42. The number of tetrazole rings is 1. The summed E-state index contributed by atoms with van der Waals surface area (Å²) in [5.74, 6) is -0.165. The number of thiazole rings is 1. The zero-order chi connectivity index (χ0) is 20.9. The zero-order valence-corrected chi connectivity index (χ0v) is 16.8. The number of anilines is 1. The van der Waals surface area contributed by atoms with Crippen molar-refractivity contribution in [3.63, 3.8) is 0 Å². The van der Waals surface area contributed by atoms with Crippen molar-refractivity contribution in [2.45, 2.75) is 5.16 Å². The number of thioether (sulfide) groups is 1. The van der Waals surface area contributed by atoms with Crippen LogP contribution in [0.25, 0.3) is 16.9 Å². The minimum Gasteiger partial charge on any atom is -0.301 e. The number of aromatic nitrogens is 5. The standard InChI is InChI=1S/C18H13N7O3S2/c26-16(11-30-18-21-22-23-24(18)13-6-2-1-3-7-13)20-17-19-15(10-29-17)12-5-4-8-14(9-12)25(27)28/h1-10H,11H2,(H,19,20,26). The average Bonchev–Trinajstić information content (AvgIpc) is 3.42. The van der Waals surface area contributed by atoms with Crippen LogP contribution >= 0.6 is 23.1 Å². The highest BCUT2D eigenvalue weighted by Crippen LogP contribution is 2.27. The third kappa shape index (κ3) is 4.50. The van der Waals surface area contributed by atoms with Gasteiger partial charge < -0.3 is 5.32 Å². The van der Waals surface area contributed by atoms with E-state index in [1.165, 1.54) is 35.2 Å². The number of hydrogen-bond acceptors (Lipinski definition) is 9. The zero-order valence-electron chi connectivity index (χ0n) is 15.2. The van der Waals surface area contributed by atoms with Crippen LogP contribution in [0.4, 0.5) is 10.8 Å². The van der Waals surface area contributed by atoms with Crippen molar-refractivity contribution in [1.82, 2.24) is 25.2 Å². The van der Waals surface area contributed by atoms with E-state index in [2.05, 4.69) is 25.8 Å². The molecule has 0 aliphatic carbocycles. The van der Waals surface area contributed by atoms with Crippen LogP contribution in [-0.2, 0) is 4.79 Å². The molecule has 2 aromatic carbocycles. The van der Waals surface area contributed by atoms with Gasteiger partial charge in [0.15, 0.2) is 5.13 Å². The summed E-state index contributed by atoms with van der Waals surface area (Å²) < 4.78 is 1.56. The lowest BCUT2D eigenvalue weighted by atomic mass is 10.1. The maximum absolute atomic E-state index is 12.3. The number of nitrogens with one attached hydrogen (secondary N) is 1. The summed E-state index contributed by atoms with van der Waals surface area (Å²) in [6, 6.07) is 15.6. The third-order valence-electron chi connectivity index (χ3n) is 3.88. The smallest absolute Gasteiger partial charge is 0.270 e. The Kier molecular flexibility index (Phi) is 5.77. The van der Waals surface area contributed by atoms with Crippen molar-refractivity contribution < 1.29 is 9.72 Å². The van der Waals surface area contributed by atoms with Gasteiger partial charge in [0, 0.05) is 23.1 Å². The Balaban J connectivity index is 1.39. The van der Waals surface area contributed by atoms with Gasteiger partial charge in [-0.05, 0) is 22.6 Å². The van der Waals surface area contributed by atoms with Crippen LogP contribution in [0, 0.1) is 10.1 Å². The van der Waals surface area contributed by atoms with Crippen LogP contribution < -0.4 is 5.32 Å². The molecule has 0 bridgehead atoms. The first kappa shape index (κ1) is 19.7. The molecule has 4 rings (SSSR count). The van der Waals surface area contributed by atoms with Gasteiger partial charge in [0.25, 0.3) is 5.69 Å². The molecule has 12 heteroatoms. The van der Waals surface area contributed by atoms with Gasteiger partial charge in [-0.25, -0.2) is 4.98 Å². The van der Waals surface area contributed by atoms with Gasteiger partial charge in [0.1, 0.15) is 0 Å². The summed E-state index contributed by atoms with van der Waals surface area (Å²) in [5.41, 5.74) is 1.95. The maximum atomic E-state index is 12.3. The second-order valence-electron chi connectivity index (χ2n) is 5.89. The Labute approximate surface area is 178 Å². The van der Waals surface area contributed by atoms with Gasteiger partial charge in [0.2, 0.25) is 11.1 Å². The number of non-ortho nitro benzene ring substituents is 1. The summed E-state index contributed by atoms with van der Waals surface area (Å²) in [7, 11) is 0. The van der Waals surface area contributed by atoms with E-state index in [1.54, 1.807) is 22.2 Å². The SMILES string of the molecule is O=C(CSc1nnnn1-c1ccccc1)Nc1nc(-c2cccc([N+](=O)[O-])c2)cs1. The molecule has 1 N–H and O–H groups in total. The van der Waals surface area contributed by atoms with Crippen molar-refractivity contribution in [2.75, 3.05) is 11.1 Å². The number of nitro groups is 1. The van der Waals surface area contributed by atoms with Crippen molar-refractivity contribution in [2.24, 2.45) is 0 Å². The van der Waals surface area contributed by atoms with Crippen molar-refractivity contribution in [3.05, 3.63) is 70.1 Å². The average molecular weight is 439 g/mol. The number of amides is 1. The van der Waals surface area contributed by atoms with E-state index in [0.29, 0.717) is 21.5 Å². The molecule has 30 heavy (non-hydrogen) atoms. The number of carbonyl (C=O) groups excluding carboxylic acids is 1. The lowest BCUT2D eigenvalue weighted by molar-refractivity contribution is -0.384. The van der Waals surface area contributed by atoms with Gasteiger partial charge in [-0.15, -0.1) is 16.4 Å². The normalized spacial score (nSPS) is 10.7. The molecule has 2 heterocycles. The number of carbonyl (C=O) groups is 1. The lowest BCUT2D eigenvalue weighted by Gasteiger charge is -2.04. The topological polar surface area (TPSA) is 129 Å². The Morgan fingerprint density at radius 2 is 2.03 bits per heavy atom. The highest BCUT2D eigenvalue weighted by atomic mass is 32.2. The molecule has 2 aromatic heterocycles. The summed E-state index contributed by atoms with van der Waals surface area (Å²) in [4.78, 5) is 27.1. The van der Waals surface area contributed by atoms with Crippen LogP contribution in [0.1, 0.15) is 0 Å². The molecule has 0 aliphatic rings. The summed E-state index contributed by atoms with van der Waals surface area (Å²) in [6.45, 7) is 0. The van der Waals surface area contributed by atoms with Gasteiger partial charge in [0.05, 0.1) is 22.1 Å². The molecule has 0 saturated heterocycles. The van der Waals surface area contributed by atoms with E-state index in [1.807, 2.05) is 30.3 Å². The van der Waals surface area contributed by atoms with E-state index in [9.17, 15) is 14.9 Å². The van der Waals surface area contributed by atoms with E-state index >= 15 is 0 Å². The van der Waals surface area contributed by atoms with Gasteiger partial charge in [-0.2, -0.15) is 4.68 Å². The van der Waals surface area contributed by atoms with E-state index in [0.717, 1.165) is 5.69 Å². The first-order valence-electron chi connectivity index (χ1n) is 8.57. The first-order chi connectivity index (χ1) is 14.6. The fourth-order valence-electron chi connectivity index (χ4n) is 2.53. The van der Waals surface area contributed by atoms with E-state index in [4.69, 9.17) is 0 Å². The minimum absolute atomic E-state index is 0.0152. The summed E-state index contributed by atoms with van der Waals surface area (Å²) in [6.07, 6.45) is 0. The van der Waals surface area contributed by atoms with Crippen molar-refractivity contribution in [1.29, 1.82) is 0 Å². The fourth-order valence-corrected chi connectivity index (χ4v) is 3.95. The second-order valence-corrected chi connectivity index (χ2v) is 7.69. The molecule has 1 amide bonds. The molecule has 0 aliphatic heterocycles. The van der Waals surface area contributed by atoms with Crippen LogP contribution in [0.5, 0.6) is 0 Å². The molecule has 0 spiro atoms. The lowest BCUT2D eigenvalue weighted by Crippen LogP contribution is -2.14. The molecule has 0 fully saturated rings. The van der Waals surface area contributed by atoms with Crippen LogP contribution in [0.3, 0.4) is 0 Å². The number of benzene rings is 2. The highest BCUT2D eigenvalue weighted by molar-refractivity contribution is 7.99. The molecular formula is C18H13N7O3S2. The van der Waals surface area contributed by atoms with Crippen LogP contribution in [0.15, 0.2) is 65.1 Å². The Hall–Kier alpha value is -3.64. The minimum atomic E-state index is -0.459. The molecule has 0 unspecified atom stereocenters. The van der Waals surface area contributed by atoms with Crippen molar-refractivity contribution in [3.8, 4) is 16.9 Å². The highest BCUT2D eigenvalue weighted by Gasteiger charge is 2.14. The molecule has 150 valence electrons. The molecule has 0 radical (unpaired) electrons. The van der Waals surface area contributed by atoms with Gasteiger partial charge in [-0.1, -0.05) is 42.1 Å². The van der Waals surface area contributed by atoms with E-state index in [-0.39, 0.29) is 17.3 Å². The third-order valence-corrected chi connectivity index (χ3v) is 5.55. The fraction of sp³-hybridized carbons (Fsp3) is 0.0556. The quantitative estimate of drug-likeness (QED) is 0.263. The number of rotatable bonds is 7. The van der Waals surface area contributed by atoms with E-state index < -0.39 is 4.92 Å². The molecule has 0 saturated carbocycles. The number of nitrogens with zero attached hydrogens (tertiary/aromatic N) is 6. The Morgan fingerprint density at radius 1 is 1.20 bits per heavy atom. The largest absolute Gasteiger partial charge is 0.301 e. The second kappa shape index (κ2) is 8.80. The summed E-state index contributed by atoms with van der Waals surface area (Å²) in [5, 5.41) is 27.9. The van der Waals surface area contributed by atoms with Gasteiger partial charge >= 0.3 is 0 Å². The number of hydrogen-bond donors (Lipinski definition) is 1. The maximum Gasteiger partial charge on any atom is 0.270 e. The predicted molar refractivity (Wildman–Crippen MR) is 113 cm³/mol. The number of nitro benzene ring substituents is 1.